The molecule has 0 spiro atoms. The van der Waals surface area contributed by atoms with Crippen LogP contribution in [0.4, 0.5) is 0 Å². The molecule has 124 valence electrons. The molecule has 1 aromatic rings. The molecule has 4 nitrogen and oxygen atoms in total. The van der Waals surface area contributed by atoms with Crippen molar-refractivity contribution in [2.24, 2.45) is 17.8 Å². The van der Waals surface area contributed by atoms with Gasteiger partial charge in [-0.2, -0.15) is 0 Å². The van der Waals surface area contributed by atoms with Gasteiger partial charge in [0.05, 0.1) is 0 Å². The van der Waals surface area contributed by atoms with E-state index in [0.717, 1.165) is 30.8 Å². The van der Waals surface area contributed by atoms with Crippen LogP contribution in [-0.4, -0.2) is 23.3 Å². The predicted octanol–water partition coefficient (Wildman–Crippen LogP) is 4.05. The molecule has 1 unspecified atom stereocenters. The summed E-state index contributed by atoms with van der Waals surface area (Å²) in [4.78, 5) is 0. The predicted molar refractivity (Wildman–Crippen MR) is 90.3 cm³/mol. The molecular weight excluding hydrogens is 307 g/mol. The van der Waals surface area contributed by atoms with Crippen molar-refractivity contribution >= 4 is 7.67 Å². The zero-order chi connectivity index (χ0) is 15.5. The summed E-state index contributed by atoms with van der Waals surface area (Å²) in [6.07, 6.45) is 7.76. The molecule has 5 aliphatic rings. The van der Waals surface area contributed by atoms with E-state index in [9.17, 15) is 4.57 Å². The highest BCUT2D eigenvalue weighted by Gasteiger charge is 2.55. The van der Waals surface area contributed by atoms with E-state index >= 15 is 0 Å². The average molecular weight is 332 g/mol. The van der Waals surface area contributed by atoms with Crippen LogP contribution in [-0.2, 0) is 4.57 Å². The summed E-state index contributed by atoms with van der Waals surface area (Å²) in [5.74, 6) is 3.23. The number of nitrogens with zero attached hydrogens (tertiary/aromatic N) is 1. The lowest BCUT2D eigenvalue weighted by Crippen LogP contribution is -2.58. The maximum absolute atomic E-state index is 13.6. The Morgan fingerprint density at radius 2 is 1.57 bits per heavy atom. The third-order valence-electron chi connectivity index (χ3n) is 6.19. The number of para-hydroxylation sites is 1. The van der Waals surface area contributed by atoms with Gasteiger partial charge < -0.3 is 4.52 Å². The minimum atomic E-state index is -2.97. The maximum atomic E-state index is 13.6. The number of rotatable bonds is 5. The number of hydrogen-bond acceptors (Lipinski definition) is 2. The number of benzene rings is 1. The molecule has 0 aromatic heterocycles. The molecule has 4 bridgehead atoms. The van der Waals surface area contributed by atoms with Crippen molar-refractivity contribution in [3.05, 3.63) is 30.3 Å². The van der Waals surface area contributed by atoms with Crippen LogP contribution in [0.3, 0.4) is 0 Å². The van der Waals surface area contributed by atoms with Gasteiger partial charge >= 0.3 is 7.67 Å². The van der Waals surface area contributed by atoms with Crippen molar-refractivity contribution in [1.29, 1.82) is 0 Å². The fourth-order valence-electron chi connectivity index (χ4n) is 5.63. The Morgan fingerprint density at radius 3 is 2.09 bits per heavy atom. The van der Waals surface area contributed by atoms with E-state index in [1.807, 2.05) is 35.0 Å². The van der Waals surface area contributed by atoms with Crippen LogP contribution in [0.5, 0.6) is 5.75 Å². The molecule has 1 saturated heterocycles. The van der Waals surface area contributed by atoms with Crippen molar-refractivity contribution in [2.75, 3.05) is 13.1 Å². The van der Waals surface area contributed by atoms with Crippen LogP contribution in [0.1, 0.15) is 38.5 Å². The highest BCUT2D eigenvalue weighted by molar-refractivity contribution is 7.55. The highest BCUT2D eigenvalue weighted by Crippen LogP contribution is 2.61. The SMILES string of the molecule is O=P(NC12CC3CC(CC(C3)C1)C2)(Oc1ccccc1)N1CC1. The van der Waals surface area contributed by atoms with Crippen LogP contribution in [0.2, 0.25) is 0 Å². The summed E-state index contributed by atoms with van der Waals surface area (Å²) in [5, 5.41) is 3.61. The van der Waals surface area contributed by atoms with Gasteiger partial charge in [-0.25, -0.2) is 14.3 Å². The van der Waals surface area contributed by atoms with Gasteiger partial charge in [0.15, 0.2) is 0 Å². The van der Waals surface area contributed by atoms with E-state index in [-0.39, 0.29) is 5.54 Å². The van der Waals surface area contributed by atoms with Crippen LogP contribution >= 0.6 is 7.67 Å². The third kappa shape index (κ3) is 2.65. The molecule has 0 radical (unpaired) electrons. The van der Waals surface area contributed by atoms with Gasteiger partial charge in [-0.05, 0) is 68.4 Å². The molecular formula is C18H25N2O2P. The maximum Gasteiger partial charge on any atom is 0.393 e. The summed E-state index contributed by atoms with van der Waals surface area (Å²) < 4.78 is 21.6. The molecule has 1 N–H and O–H groups in total. The van der Waals surface area contributed by atoms with Crippen molar-refractivity contribution in [3.63, 3.8) is 0 Å². The average Bonchev–Trinajstić information content (AvgIpc) is 3.31. The molecule has 5 heteroatoms. The largest absolute Gasteiger partial charge is 0.422 e. The molecule has 23 heavy (non-hydrogen) atoms. The fourth-order valence-corrected chi connectivity index (χ4v) is 7.83. The highest BCUT2D eigenvalue weighted by atomic mass is 31.2. The molecule has 5 fully saturated rings. The van der Waals surface area contributed by atoms with E-state index < -0.39 is 7.67 Å². The van der Waals surface area contributed by atoms with E-state index in [4.69, 9.17) is 4.52 Å². The summed E-state index contributed by atoms with van der Waals surface area (Å²) in [7, 11) is -2.97. The smallest absolute Gasteiger partial charge is 0.393 e. The topological polar surface area (TPSA) is 41.3 Å². The third-order valence-corrected chi connectivity index (χ3v) is 8.54. The van der Waals surface area contributed by atoms with Crippen molar-refractivity contribution in [3.8, 4) is 5.75 Å². The van der Waals surface area contributed by atoms with Crippen molar-refractivity contribution in [2.45, 2.75) is 44.1 Å². The lowest BCUT2D eigenvalue weighted by atomic mass is 9.53. The Bertz CT molecular complexity index is 608. The Balaban J connectivity index is 1.41. The Kier molecular flexibility index (Phi) is 3.21. The summed E-state index contributed by atoms with van der Waals surface area (Å²) >= 11 is 0. The van der Waals surface area contributed by atoms with Crippen LogP contribution in [0.25, 0.3) is 0 Å². The fraction of sp³-hybridized carbons (Fsp3) is 0.667. The summed E-state index contributed by atoms with van der Waals surface area (Å²) in [6, 6.07) is 9.63. The first kappa shape index (κ1) is 14.5. The molecule has 1 atom stereocenters. The summed E-state index contributed by atoms with van der Waals surface area (Å²) in [6.45, 7) is 1.76. The second kappa shape index (κ2) is 5.08. The zero-order valence-corrected chi connectivity index (χ0v) is 14.4. The monoisotopic (exact) mass is 332 g/mol. The standard InChI is InChI=1S/C18H25N2O2P/c21-23(20-6-7-20,22-17-4-2-1-3-5-17)19-18-11-14-8-15(12-18)10-16(9-14)13-18/h1-5,14-16H,6-13H2,(H,19,21). The molecule has 6 rings (SSSR count). The van der Waals surface area contributed by atoms with Gasteiger partial charge in [-0.3, -0.25) is 0 Å². The van der Waals surface area contributed by atoms with Crippen molar-refractivity contribution < 1.29 is 9.09 Å². The Morgan fingerprint density at radius 1 is 1.00 bits per heavy atom. The lowest BCUT2D eigenvalue weighted by Gasteiger charge is -2.57. The molecule has 1 aliphatic heterocycles. The van der Waals surface area contributed by atoms with Gasteiger partial charge in [0.1, 0.15) is 5.75 Å². The van der Waals surface area contributed by atoms with Gasteiger partial charge in [-0.15, -0.1) is 0 Å². The van der Waals surface area contributed by atoms with Gasteiger partial charge in [0.2, 0.25) is 0 Å². The van der Waals surface area contributed by atoms with Gasteiger partial charge in [0, 0.05) is 18.6 Å². The van der Waals surface area contributed by atoms with Crippen molar-refractivity contribution in [1.82, 2.24) is 9.76 Å². The van der Waals surface area contributed by atoms with E-state index in [1.165, 1.54) is 38.5 Å². The normalized spacial score (nSPS) is 40.8. The minimum absolute atomic E-state index is 0.0572. The first-order valence-electron chi connectivity index (χ1n) is 9.02. The van der Waals surface area contributed by atoms with E-state index in [2.05, 4.69) is 5.09 Å². The molecule has 0 amide bonds. The van der Waals surface area contributed by atoms with Gasteiger partial charge in [0.25, 0.3) is 0 Å². The number of hydrogen-bond donors (Lipinski definition) is 1. The van der Waals surface area contributed by atoms with Crippen LogP contribution < -0.4 is 9.61 Å². The van der Waals surface area contributed by atoms with Gasteiger partial charge in [-0.1, -0.05) is 18.2 Å². The zero-order valence-electron chi connectivity index (χ0n) is 13.5. The molecule has 4 aliphatic carbocycles. The number of nitrogens with one attached hydrogen (secondary N) is 1. The van der Waals surface area contributed by atoms with Crippen LogP contribution in [0.15, 0.2) is 30.3 Å². The first-order chi connectivity index (χ1) is 11.1. The molecule has 4 saturated carbocycles. The summed E-state index contributed by atoms with van der Waals surface area (Å²) in [5.41, 5.74) is 0.0572. The minimum Gasteiger partial charge on any atom is -0.422 e. The van der Waals surface area contributed by atoms with E-state index in [0.29, 0.717) is 5.75 Å². The Hall–Kier alpha value is -0.830. The quantitative estimate of drug-likeness (QED) is 0.652. The lowest BCUT2D eigenvalue weighted by molar-refractivity contribution is -0.0101. The Labute approximate surface area is 138 Å². The van der Waals surface area contributed by atoms with E-state index in [1.54, 1.807) is 0 Å². The second-order valence-electron chi connectivity index (χ2n) is 8.19. The van der Waals surface area contributed by atoms with Crippen LogP contribution in [0, 0.1) is 17.8 Å². The molecule has 1 heterocycles. The first-order valence-corrected chi connectivity index (χ1v) is 10.6. The molecule has 1 aromatic carbocycles. The second-order valence-corrected chi connectivity index (χ2v) is 10.2.